The number of imidazole rings is 1. The van der Waals surface area contributed by atoms with E-state index in [9.17, 15) is 4.79 Å². The van der Waals surface area contributed by atoms with Gasteiger partial charge in [0.1, 0.15) is 18.2 Å². The Labute approximate surface area is 202 Å². The van der Waals surface area contributed by atoms with Gasteiger partial charge < -0.3 is 14.6 Å². The Hall–Kier alpha value is -3.38. The van der Waals surface area contributed by atoms with Crippen LogP contribution >= 0.6 is 15.9 Å². The van der Waals surface area contributed by atoms with Crippen LogP contribution in [0.2, 0.25) is 0 Å². The van der Waals surface area contributed by atoms with E-state index >= 15 is 0 Å². The minimum absolute atomic E-state index is 0.136. The smallest absolute Gasteiger partial charge is 0.251 e. The molecule has 3 aromatic carbocycles. The summed E-state index contributed by atoms with van der Waals surface area (Å²) in [5.41, 5.74) is 3.62. The summed E-state index contributed by atoms with van der Waals surface area (Å²) in [6.45, 7) is 6.87. The highest BCUT2D eigenvalue weighted by atomic mass is 79.9. The molecule has 5 nitrogen and oxygen atoms in total. The van der Waals surface area contributed by atoms with Gasteiger partial charge in [-0.1, -0.05) is 52.3 Å². The molecule has 0 aliphatic heterocycles. The second-order valence-electron chi connectivity index (χ2n) is 7.76. The van der Waals surface area contributed by atoms with E-state index in [2.05, 4.69) is 38.5 Å². The molecule has 0 fully saturated rings. The van der Waals surface area contributed by atoms with Crippen LogP contribution in [0.4, 0.5) is 0 Å². The number of aromatic nitrogens is 2. The van der Waals surface area contributed by atoms with Crippen molar-refractivity contribution >= 4 is 32.9 Å². The Kier molecular flexibility index (Phi) is 7.25. The standard InChI is InChI=1S/C27H26BrN3O2/c1-3-8-20-9-4-7-12-25(20)33-18-17-31-24-11-6-5-10-23(24)30-26(31)19(2)29-27(32)21-13-15-22(28)16-14-21/h3-7,9-16,19H,1,8,17-18H2,2H3,(H,29,32). The van der Waals surface area contributed by atoms with Crippen LogP contribution in [0.15, 0.2) is 89.9 Å². The van der Waals surface area contributed by atoms with Gasteiger partial charge in [-0.25, -0.2) is 4.98 Å². The van der Waals surface area contributed by atoms with Gasteiger partial charge in [-0.3, -0.25) is 4.79 Å². The van der Waals surface area contributed by atoms with E-state index in [1.54, 1.807) is 12.1 Å². The van der Waals surface area contributed by atoms with Crippen molar-refractivity contribution in [1.82, 2.24) is 14.9 Å². The van der Waals surface area contributed by atoms with Gasteiger partial charge in [-0.05, 0) is 61.4 Å². The van der Waals surface area contributed by atoms with Crippen LogP contribution in [0.1, 0.15) is 34.7 Å². The van der Waals surface area contributed by atoms with E-state index in [0.29, 0.717) is 18.7 Å². The monoisotopic (exact) mass is 503 g/mol. The molecule has 0 aliphatic carbocycles. The zero-order valence-electron chi connectivity index (χ0n) is 18.5. The first kappa shape index (κ1) is 22.8. The lowest BCUT2D eigenvalue weighted by Crippen LogP contribution is -2.29. The minimum Gasteiger partial charge on any atom is -0.491 e. The fourth-order valence-corrected chi connectivity index (χ4v) is 4.09. The fraction of sp³-hybridized carbons (Fsp3) is 0.185. The van der Waals surface area contributed by atoms with E-state index < -0.39 is 0 Å². The first-order chi connectivity index (χ1) is 16.1. The third-order valence-electron chi connectivity index (χ3n) is 5.43. The summed E-state index contributed by atoms with van der Waals surface area (Å²) in [6.07, 6.45) is 2.63. The van der Waals surface area contributed by atoms with Gasteiger partial charge in [-0.2, -0.15) is 0 Å². The van der Waals surface area contributed by atoms with E-state index in [1.165, 1.54) is 0 Å². The number of hydrogen-bond acceptors (Lipinski definition) is 3. The molecule has 1 unspecified atom stereocenters. The Morgan fingerprint density at radius 2 is 1.85 bits per heavy atom. The Bertz CT molecular complexity index is 1260. The third-order valence-corrected chi connectivity index (χ3v) is 5.96. The van der Waals surface area contributed by atoms with Crippen LogP contribution in [0, 0.1) is 0 Å². The molecule has 4 aromatic rings. The van der Waals surface area contributed by atoms with Crippen LogP contribution in [-0.2, 0) is 13.0 Å². The Morgan fingerprint density at radius 1 is 1.12 bits per heavy atom. The molecule has 1 atom stereocenters. The van der Waals surface area contributed by atoms with Crippen molar-refractivity contribution in [3.8, 4) is 5.75 Å². The number of carbonyl (C=O) groups is 1. The van der Waals surface area contributed by atoms with Crippen molar-refractivity contribution < 1.29 is 9.53 Å². The van der Waals surface area contributed by atoms with E-state index in [4.69, 9.17) is 9.72 Å². The highest BCUT2D eigenvalue weighted by Gasteiger charge is 2.19. The zero-order valence-corrected chi connectivity index (χ0v) is 20.1. The SMILES string of the molecule is C=CCc1ccccc1OCCn1c(C(C)NC(=O)c2ccc(Br)cc2)nc2ccccc21. The van der Waals surface area contributed by atoms with E-state index in [0.717, 1.165) is 39.1 Å². The number of para-hydroxylation sites is 3. The van der Waals surface area contributed by atoms with Crippen molar-refractivity contribution in [2.75, 3.05) is 6.61 Å². The lowest BCUT2D eigenvalue weighted by Gasteiger charge is -2.17. The maximum absolute atomic E-state index is 12.8. The molecule has 0 spiro atoms. The lowest BCUT2D eigenvalue weighted by molar-refractivity contribution is 0.0937. The van der Waals surface area contributed by atoms with Crippen LogP contribution in [-0.4, -0.2) is 22.1 Å². The number of rotatable bonds is 9. The number of amides is 1. The molecule has 33 heavy (non-hydrogen) atoms. The molecule has 4 rings (SSSR count). The van der Waals surface area contributed by atoms with Crippen molar-refractivity contribution in [1.29, 1.82) is 0 Å². The lowest BCUT2D eigenvalue weighted by atomic mass is 10.1. The second-order valence-corrected chi connectivity index (χ2v) is 8.68. The maximum atomic E-state index is 12.8. The van der Waals surface area contributed by atoms with Crippen molar-refractivity contribution in [2.45, 2.75) is 25.9 Å². The number of fused-ring (bicyclic) bond motifs is 1. The first-order valence-corrected chi connectivity index (χ1v) is 11.7. The summed E-state index contributed by atoms with van der Waals surface area (Å²) in [6, 6.07) is 23.0. The van der Waals surface area contributed by atoms with Crippen LogP contribution in [0.25, 0.3) is 11.0 Å². The number of hydrogen-bond donors (Lipinski definition) is 1. The van der Waals surface area contributed by atoms with Crippen LogP contribution < -0.4 is 10.1 Å². The quantitative estimate of drug-likeness (QED) is 0.281. The number of allylic oxidation sites excluding steroid dienone is 1. The van der Waals surface area contributed by atoms with E-state index in [1.807, 2.05) is 67.6 Å². The predicted molar refractivity (Wildman–Crippen MR) is 136 cm³/mol. The second kappa shape index (κ2) is 10.5. The number of benzene rings is 3. The Balaban J connectivity index is 1.53. The number of carbonyl (C=O) groups excluding carboxylic acids is 1. The average molecular weight is 504 g/mol. The topological polar surface area (TPSA) is 56.1 Å². The molecule has 0 saturated carbocycles. The maximum Gasteiger partial charge on any atom is 0.251 e. The largest absolute Gasteiger partial charge is 0.491 e. The molecule has 1 amide bonds. The molecule has 0 radical (unpaired) electrons. The molecule has 1 heterocycles. The number of halogens is 1. The van der Waals surface area contributed by atoms with Gasteiger partial charge in [0.05, 0.1) is 23.6 Å². The highest BCUT2D eigenvalue weighted by molar-refractivity contribution is 9.10. The van der Waals surface area contributed by atoms with Crippen molar-refractivity contribution in [3.05, 3.63) is 107 Å². The number of nitrogens with zero attached hydrogens (tertiary/aromatic N) is 2. The Morgan fingerprint density at radius 3 is 2.64 bits per heavy atom. The van der Waals surface area contributed by atoms with Crippen molar-refractivity contribution in [3.63, 3.8) is 0 Å². The highest BCUT2D eigenvalue weighted by Crippen LogP contribution is 2.23. The number of nitrogens with one attached hydrogen (secondary N) is 1. The average Bonchev–Trinajstić information content (AvgIpc) is 3.19. The normalized spacial score (nSPS) is 11.8. The fourth-order valence-electron chi connectivity index (χ4n) is 3.82. The van der Waals surface area contributed by atoms with E-state index in [-0.39, 0.29) is 11.9 Å². The number of ether oxygens (including phenoxy) is 1. The summed E-state index contributed by atoms with van der Waals surface area (Å²) in [5, 5.41) is 3.08. The van der Waals surface area contributed by atoms with Gasteiger partial charge in [0.2, 0.25) is 0 Å². The summed E-state index contributed by atoms with van der Waals surface area (Å²) < 4.78 is 9.18. The summed E-state index contributed by atoms with van der Waals surface area (Å²) >= 11 is 3.40. The molecular formula is C27H26BrN3O2. The molecule has 1 N–H and O–H groups in total. The predicted octanol–water partition coefficient (Wildman–Crippen LogP) is 6.10. The summed E-state index contributed by atoms with van der Waals surface area (Å²) in [4.78, 5) is 17.6. The molecule has 1 aromatic heterocycles. The van der Waals surface area contributed by atoms with Gasteiger partial charge in [0.25, 0.3) is 5.91 Å². The van der Waals surface area contributed by atoms with Gasteiger partial charge in [0.15, 0.2) is 0 Å². The van der Waals surface area contributed by atoms with Crippen molar-refractivity contribution in [2.24, 2.45) is 0 Å². The van der Waals surface area contributed by atoms with Crippen LogP contribution in [0.3, 0.4) is 0 Å². The third kappa shape index (κ3) is 5.34. The molecule has 168 valence electrons. The first-order valence-electron chi connectivity index (χ1n) is 10.9. The molecule has 0 bridgehead atoms. The molecular weight excluding hydrogens is 478 g/mol. The molecule has 0 aliphatic rings. The minimum atomic E-state index is -0.276. The zero-order chi connectivity index (χ0) is 23.2. The molecule has 6 heteroatoms. The summed E-state index contributed by atoms with van der Waals surface area (Å²) in [7, 11) is 0. The van der Waals surface area contributed by atoms with Gasteiger partial charge in [0, 0.05) is 10.0 Å². The van der Waals surface area contributed by atoms with Crippen LogP contribution in [0.5, 0.6) is 5.75 Å². The van der Waals surface area contributed by atoms with Gasteiger partial charge >= 0.3 is 0 Å². The molecule has 0 saturated heterocycles. The van der Waals surface area contributed by atoms with Gasteiger partial charge in [-0.15, -0.1) is 6.58 Å². The summed E-state index contributed by atoms with van der Waals surface area (Å²) in [5.74, 6) is 1.52.